The maximum atomic E-state index is 13.5. The molecule has 0 N–H and O–H groups in total. The van der Waals surface area contributed by atoms with E-state index in [-0.39, 0.29) is 18.0 Å². The number of halogens is 3. The standard InChI is InChI=1S/C28H20BrI2N3O5/c1-3-37-28(36)15(2)38-25-20(30)10-16(11-21(25)31)14-32-34-26(33-22-7-5-4-6-19(22)27(34)35)24-13-17-12-18(29)8-9-23(17)39-24/h4-15H,3H2,1-2H3/t15-/m1/s1. The van der Waals surface area contributed by atoms with Crippen LogP contribution in [0.25, 0.3) is 33.5 Å². The van der Waals surface area contributed by atoms with Crippen molar-refractivity contribution in [3.8, 4) is 17.3 Å². The summed E-state index contributed by atoms with van der Waals surface area (Å²) >= 11 is 7.77. The van der Waals surface area contributed by atoms with E-state index in [0.717, 1.165) is 22.6 Å². The highest BCUT2D eigenvalue weighted by Crippen LogP contribution is 2.31. The van der Waals surface area contributed by atoms with E-state index < -0.39 is 12.1 Å². The monoisotopic (exact) mass is 811 g/mol. The maximum absolute atomic E-state index is 13.5. The molecule has 0 bridgehead atoms. The third-order valence-electron chi connectivity index (χ3n) is 5.71. The number of para-hydroxylation sites is 1. The van der Waals surface area contributed by atoms with Crippen molar-refractivity contribution in [1.82, 2.24) is 9.66 Å². The average molecular weight is 812 g/mol. The zero-order chi connectivity index (χ0) is 27.7. The Morgan fingerprint density at radius 2 is 1.90 bits per heavy atom. The highest BCUT2D eigenvalue weighted by molar-refractivity contribution is 14.1. The third-order valence-corrected chi connectivity index (χ3v) is 7.80. The molecule has 0 unspecified atom stereocenters. The molecule has 5 aromatic rings. The number of hydrogen-bond donors (Lipinski definition) is 0. The van der Waals surface area contributed by atoms with Gasteiger partial charge in [-0.2, -0.15) is 9.78 Å². The summed E-state index contributed by atoms with van der Waals surface area (Å²) in [6.07, 6.45) is 0.837. The minimum atomic E-state index is -0.749. The van der Waals surface area contributed by atoms with E-state index in [9.17, 15) is 9.59 Å². The molecule has 2 aromatic heterocycles. The van der Waals surface area contributed by atoms with Crippen molar-refractivity contribution in [3.05, 3.63) is 88.2 Å². The quantitative estimate of drug-likeness (QED) is 0.1000. The van der Waals surface area contributed by atoms with Crippen LogP contribution >= 0.6 is 61.1 Å². The molecule has 11 heteroatoms. The molecule has 3 aromatic carbocycles. The molecule has 198 valence electrons. The molecule has 2 heterocycles. The lowest BCUT2D eigenvalue weighted by Gasteiger charge is -2.16. The summed E-state index contributed by atoms with van der Waals surface area (Å²) in [6.45, 7) is 3.69. The summed E-state index contributed by atoms with van der Waals surface area (Å²) in [7, 11) is 0. The lowest BCUT2D eigenvalue weighted by atomic mass is 10.2. The maximum Gasteiger partial charge on any atom is 0.347 e. The number of carbonyl (C=O) groups is 1. The number of aromatic nitrogens is 2. The van der Waals surface area contributed by atoms with Crippen molar-refractivity contribution in [1.29, 1.82) is 0 Å². The van der Waals surface area contributed by atoms with Crippen LogP contribution in [0, 0.1) is 7.14 Å². The molecule has 1 atom stereocenters. The minimum absolute atomic E-state index is 0.284. The number of fused-ring (bicyclic) bond motifs is 2. The summed E-state index contributed by atoms with van der Waals surface area (Å²) in [5.74, 6) is 0.856. The second kappa shape index (κ2) is 11.8. The molecule has 0 spiro atoms. The number of benzene rings is 3. The molecule has 0 aliphatic heterocycles. The fourth-order valence-corrected chi connectivity index (χ4v) is 6.34. The lowest BCUT2D eigenvalue weighted by Crippen LogP contribution is -2.26. The molecular weight excluding hydrogens is 792 g/mol. The number of nitrogens with zero attached hydrogens (tertiary/aromatic N) is 3. The fourth-order valence-electron chi connectivity index (χ4n) is 3.89. The Kier molecular flexibility index (Phi) is 8.38. The predicted molar refractivity (Wildman–Crippen MR) is 171 cm³/mol. The first-order valence-electron chi connectivity index (χ1n) is 11.8. The van der Waals surface area contributed by atoms with Crippen molar-refractivity contribution in [3.63, 3.8) is 0 Å². The first-order valence-corrected chi connectivity index (χ1v) is 14.8. The van der Waals surface area contributed by atoms with E-state index >= 15 is 0 Å². The highest BCUT2D eigenvalue weighted by Gasteiger charge is 2.20. The second-order valence-corrected chi connectivity index (χ2v) is 11.7. The van der Waals surface area contributed by atoms with Gasteiger partial charge in [-0.05, 0) is 113 Å². The first-order chi connectivity index (χ1) is 18.7. The fraction of sp³-hybridized carbons (Fsp3) is 0.143. The molecule has 0 aliphatic carbocycles. The molecule has 39 heavy (non-hydrogen) atoms. The van der Waals surface area contributed by atoms with Crippen LogP contribution in [0.3, 0.4) is 0 Å². The van der Waals surface area contributed by atoms with E-state index in [1.165, 1.54) is 4.68 Å². The van der Waals surface area contributed by atoms with Crippen molar-refractivity contribution >= 4 is 95.2 Å². The van der Waals surface area contributed by atoms with Gasteiger partial charge in [0.2, 0.25) is 5.82 Å². The lowest BCUT2D eigenvalue weighted by molar-refractivity contribution is -0.150. The summed E-state index contributed by atoms with van der Waals surface area (Å²) < 4.78 is 20.7. The Balaban J connectivity index is 1.56. The van der Waals surface area contributed by atoms with Crippen LogP contribution in [0.15, 0.2) is 79.4 Å². The molecule has 8 nitrogen and oxygen atoms in total. The van der Waals surface area contributed by atoms with Crippen molar-refractivity contribution in [2.75, 3.05) is 6.61 Å². The second-order valence-electron chi connectivity index (χ2n) is 8.43. The van der Waals surface area contributed by atoms with Crippen molar-refractivity contribution in [2.45, 2.75) is 20.0 Å². The van der Waals surface area contributed by atoms with Gasteiger partial charge >= 0.3 is 5.97 Å². The van der Waals surface area contributed by atoms with Gasteiger partial charge in [-0.15, -0.1) is 0 Å². The predicted octanol–water partition coefficient (Wildman–Crippen LogP) is 6.99. The van der Waals surface area contributed by atoms with Crippen molar-refractivity contribution < 1.29 is 18.7 Å². The Bertz CT molecular complexity index is 1790. The largest absolute Gasteiger partial charge is 0.477 e. The zero-order valence-electron chi connectivity index (χ0n) is 20.7. The molecule has 0 fully saturated rings. The molecule has 0 radical (unpaired) electrons. The molecule has 0 aliphatic rings. The summed E-state index contributed by atoms with van der Waals surface area (Å²) in [5.41, 5.74) is 1.63. The van der Waals surface area contributed by atoms with Gasteiger partial charge in [0.05, 0.1) is 30.9 Å². The minimum Gasteiger partial charge on any atom is -0.477 e. The van der Waals surface area contributed by atoms with Crippen LogP contribution < -0.4 is 10.3 Å². The highest BCUT2D eigenvalue weighted by atomic mass is 127. The smallest absolute Gasteiger partial charge is 0.347 e. The Morgan fingerprint density at radius 1 is 1.15 bits per heavy atom. The van der Waals surface area contributed by atoms with Crippen molar-refractivity contribution in [2.24, 2.45) is 5.10 Å². The van der Waals surface area contributed by atoms with Gasteiger partial charge in [-0.1, -0.05) is 28.1 Å². The van der Waals surface area contributed by atoms with Gasteiger partial charge in [-0.25, -0.2) is 9.78 Å². The molecular formula is C28H20BrI2N3O5. The van der Waals surface area contributed by atoms with Crippen LogP contribution in [-0.2, 0) is 9.53 Å². The average Bonchev–Trinajstić information content (AvgIpc) is 3.33. The van der Waals surface area contributed by atoms with Crippen LogP contribution in [0.5, 0.6) is 5.75 Å². The Labute approximate surface area is 258 Å². The Morgan fingerprint density at radius 3 is 2.64 bits per heavy atom. The normalized spacial score (nSPS) is 12.3. The van der Waals surface area contributed by atoms with E-state index in [0.29, 0.717) is 28.0 Å². The number of ether oxygens (including phenoxy) is 2. The van der Waals surface area contributed by atoms with Gasteiger partial charge in [0.1, 0.15) is 11.3 Å². The van der Waals surface area contributed by atoms with Gasteiger partial charge in [0.15, 0.2) is 11.9 Å². The topological polar surface area (TPSA) is 95.9 Å². The zero-order valence-corrected chi connectivity index (χ0v) is 26.6. The van der Waals surface area contributed by atoms with Gasteiger partial charge in [0.25, 0.3) is 5.56 Å². The van der Waals surface area contributed by atoms with Crippen LogP contribution in [-0.4, -0.2) is 34.6 Å². The third kappa shape index (κ3) is 5.89. The first kappa shape index (κ1) is 27.8. The SMILES string of the molecule is CCOC(=O)[C@@H](C)Oc1c(I)cc(C=Nn2c(-c3cc4cc(Br)ccc4o3)nc3ccccc3c2=O)cc1I. The van der Waals surface area contributed by atoms with Gasteiger partial charge in [0, 0.05) is 9.86 Å². The molecule has 0 saturated heterocycles. The van der Waals surface area contributed by atoms with E-state index in [1.54, 1.807) is 38.3 Å². The number of furan rings is 1. The summed E-state index contributed by atoms with van der Waals surface area (Å²) in [6, 6.07) is 18.4. The summed E-state index contributed by atoms with van der Waals surface area (Å²) in [5, 5.41) is 5.85. The van der Waals surface area contributed by atoms with E-state index in [1.807, 2.05) is 42.5 Å². The number of esters is 1. The van der Waals surface area contributed by atoms with E-state index in [4.69, 9.17) is 18.9 Å². The van der Waals surface area contributed by atoms with E-state index in [2.05, 4.69) is 66.2 Å². The number of hydrogen-bond acceptors (Lipinski definition) is 7. The Hall–Kier alpha value is -2.78. The van der Waals surface area contributed by atoms with Crippen LogP contribution in [0.2, 0.25) is 0 Å². The van der Waals surface area contributed by atoms with Crippen LogP contribution in [0.4, 0.5) is 0 Å². The number of carbonyl (C=O) groups excluding carboxylic acids is 1. The molecule has 0 saturated carbocycles. The van der Waals surface area contributed by atoms with Crippen LogP contribution in [0.1, 0.15) is 19.4 Å². The molecule has 5 rings (SSSR count). The summed E-state index contributed by atoms with van der Waals surface area (Å²) in [4.78, 5) is 30.3. The van der Waals surface area contributed by atoms with Gasteiger partial charge < -0.3 is 13.9 Å². The van der Waals surface area contributed by atoms with Gasteiger partial charge in [-0.3, -0.25) is 4.79 Å². The number of rotatable bonds is 7. The molecule has 0 amide bonds.